The number of hydrogen-bond donors (Lipinski definition) is 2. The lowest BCUT2D eigenvalue weighted by molar-refractivity contribution is 0.280. The molecule has 0 aliphatic carbocycles. The van der Waals surface area contributed by atoms with E-state index in [1.165, 1.54) is 22.5 Å². The molecule has 5 heteroatoms. The molecule has 0 spiro atoms. The molecule has 1 heterocycles. The van der Waals surface area contributed by atoms with Crippen LogP contribution in [-0.4, -0.2) is 15.3 Å². The van der Waals surface area contributed by atoms with E-state index in [0.717, 1.165) is 11.7 Å². The topological polar surface area (TPSA) is 58.0 Å². The second-order valence-corrected chi connectivity index (χ2v) is 4.50. The molecule has 0 fully saturated rings. The molecule has 0 aliphatic heterocycles. The van der Waals surface area contributed by atoms with Gasteiger partial charge in [0.05, 0.1) is 6.61 Å². The van der Waals surface area contributed by atoms with Crippen LogP contribution < -0.4 is 5.32 Å². The smallest absolute Gasteiger partial charge is 0.206 e. The second-order valence-electron chi connectivity index (χ2n) is 3.44. The average molecular weight is 235 g/mol. The van der Waals surface area contributed by atoms with Gasteiger partial charge in [0.2, 0.25) is 5.13 Å². The Kier molecular flexibility index (Phi) is 3.48. The van der Waals surface area contributed by atoms with Gasteiger partial charge in [0.15, 0.2) is 0 Å². The van der Waals surface area contributed by atoms with Crippen molar-refractivity contribution in [3.05, 3.63) is 40.4 Å². The monoisotopic (exact) mass is 235 g/mol. The second kappa shape index (κ2) is 5.05. The number of rotatable bonds is 4. The van der Waals surface area contributed by atoms with Gasteiger partial charge in [0.25, 0.3) is 0 Å². The van der Waals surface area contributed by atoms with Gasteiger partial charge in [-0.25, -0.2) is 0 Å². The highest BCUT2D eigenvalue weighted by atomic mass is 32.1. The van der Waals surface area contributed by atoms with Crippen LogP contribution in [0.2, 0.25) is 0 Å². The molecule has 0 amide bonds. The van der Waals surface area contributed by atoms with Gasteiger partial charge in [-0.05, 0) is 18.1 Å². The Morgan fingerprint density at radius 2 is 2.12 bits per heavy atom. The number of nitrogens with one attached hydrogen (secondary N) is 1. The normalized spacial score (nSPS) is 10.4. The first-order valence-corrected chi connectivity index (χ1v) is 5.83. The Morgan fingerprint density at radius 1 is 1.31 bits per heavy atom. The molecule has 0 atom stereocenters. The van der Waals surface area contributed by atoms with Gasteiger partial charge in [-0.2, -0.15) is 0 Å². The van der Waals surface area contributed by atoms with Crippen molar-refractivity contribution >= 4 is 16.5 Å². The molecule has 16 heavy (non-hydrogen) atoms. The summed E-state index contributed by atoms with van der Waals surface area (Å²) < 4.78 is 0. The summed E-state index contributed by atoms with van der Waals surface area (Å²) in [6.07, 6.45) is 0. The first kappa shape index (κ1) is 11.0. The van der Waals surface area contributed by atoms with Crippen LogP contribution in [0.4, 0.5) is 5.13 Å². The van der Waals surface area contributed by atoms with Crippen LogP contribution in [0.1, 0.15) is 16.1 Å². The zero-order chi connectivity index (χ0) is 11.4. The van der Waals surface area contributed by atoms with Gasteiger partial charge >= 0.3 is 0 Å². The fourth-order valence-electron chi connectivity index (χ4n) is 1.37. The molecule has 0 radical (unpaired) electrons. The molecule has 1 aromatic heterocycles. The highest BCUT2D eigenvalue weighted by molar-refractivity contribution is 7.15. The summed E-state index contributed by atoms with van der Waals surface area (Å²) in [7, 11) is 0. The largest absolute Gasteiger partial charge is 0.389 e. The number of aryl methyl sites for hydroxylation is 1. The molecular weight excluding hydrogens is 222 g/mol. The first-order chi connectivity index (χ1) is 7.79. The van der Waals surface area contributed by atoms with E-state index in [9.17, 15) is 0 Å². The molecule has 0 saturated carbocycles. The van der Waals surface area contributed by atoms with Gasteiger partial charge < -0.3 is 10.4 Å². The summed E-state index contributed by atoms with van der Waals surface area (Å²) in [5, 5.41) is 21.2. The van der Waals surface area contributed by atoms with Gasteiger partial charge in [-0.1, -0.05) is 35.6 Å². The van der Waals surface area contributed by atoms with E-state index in [0.29, 0.717) is 5.01 Å². The third kappa shape index (κ3) is 2.56. The molecule has 84 valence electrons. The lowest BCUT2D eigenvalue weighted by Gasteiger charge is -2.05. The third-order valence-corrected chi connectivity index (χ3v) is 3.16. The Bertz CT molecular complexity index is 470. The molecule has 2 rings (SSSR count). The Morgan fingerprint density at radius 3 is 2.81 bits per heavy atom. The van der Waals surface area contributed by atoms with Gasteiger partial charge in [0, 0.05) is 6.54 Å². The SMILES string of the molecule is Cc1ccccc1CNc1nnc(CO)s1. The van der Waals surface area contributed by atoms with E-state index in [1.807, 2.05) is 12.1 Å². The highest BCUT2D eigenvalue weighted by Crippen LogP contribution is 2.16. The maximum Gasteiger partial charge on any atom is 0.206 e. The highest BCUT2D eigenvalue weighted by Gasteiger charge is 2.03. The molecular formula is C11H13N3OS. The lowest BCUT2D eigenvalue weighted by Crippen LogP contribution is -2.00. The Balaban J connectivity index is 1.99. The quantitative estimate of drug-likeness (QED) is 0.850. The van der Waals surface area contributed by atoms with Crippen molar-refractivity contribution in [3.63, 3.8) is 0 Å². The number of aliphatic hydroxyl groups excluding tert-OH is 1. The molecule has 2 aromatic rings. The molecule has 0 aliphatic rings. The molecule has 0 unspecified atom stereocenters. The van der Waals surface area contributed by atoms with Crippen molar-refractivity contribution in [2.24, 2.45) is 0 Å². The summed E-state index contributed by atoms with van der Waals surface area (Å²) in [6.45, 7) is 2.76. The van der Waals surface area contributed by atoms with Crippen molar-refractivity contribution in [1.82, 2.24) is 10.2 Å². The van der Waals surface area contributed by atoms with Crippen LogP contribution in [0.25, 0.3) is 0 Å². The van der Waals surface area contributed by atoms with Crippen LogP contribution in [0, 0.1) is 6.92 Å². The van der Waals surface area contributed by atoms with Crippen molar-refractivity contribution in [3.8, 4) is 0 Å². The number of hydrogen-bond acceptors (Lipinski definition) is 5. The summed E-state index contributed by atoms with van der Waals surface area (Å²) >= 11 is 1.37. The van der Waals surface area contributed by atoms with Crippen molar-refractivity contribution in [1.29, 1.82) is 0 Å². The number of aliphatic hydroxyl groups is 1. The van der Waals surface area contributed by atoms with Crippen LogP contribution in [0.5, 0.6) is 0 Å². The van der Waals surface area contributed by atoms with E-state index in [4.69, 9.17) is 5.11 Å². The molecule has 0 bridgehead atoms. The van der Waals surface area contributed by atoms with E-state index < -0.39 is 0 Å². The van der Waals surface area contributed by atoms with Crippen molar-refractivity contribution in [2.45, 2.75) is 20.1 Å². The molecule has 4 nitrogen and oxygen atoms in total. The summed E-state index contributed by atoms with van der Waals surface area (Å²) in [5.41, 5.74) is 2.49. The van der Waals surface area contributed by atoms with Crippen molar-refractivity contribution < 1.29 is 5.11 Å². The minimum absolute atomic E-state index is 0.0519. The van der Waals surface area contributed by atoms with Crippen molar-refractivity contribution in [2.75, 3.05) is 5.32 Å². The number of aromatic nitrogens is 2. The average Bonchev–Trinajstić information content (AvgIpc) is 2.76. The molecule has 1 aromatic carbocycles. The summed E-state index contributed by atoms with van der Waals surface area (Å²) in [4.78, 5) is 0. The predicted octanol–water partition coefficient (Wildman–Crippen LogP) is 1.95. The fraction of sp³-hybridized carbons (Fsp3) is 0.273. The van der Waals surface area contributed by atoms with E-state index >= 15 is 0 Å². The fourth-order valence-corrected chi connectivity index (χ4v) is 1.96. The minimum Gasteiger partial charge on any atom is -0.389 e. The van der Waals surface area contributed by atoms with Gasteiger partial charge in [-0.3, -0.25) is 0 Å². The first-order valence-electron chi connectivity index (χ1n) is 5.01. The van der Waals surface area contributed by atoms with E-state index in [-0.39, 0.29) is 6.61 Å². The van der Waals surface area contributed by atoms with Crippen LogP contribution in [0.3, 0.4) is 0 Å². The summed E-state index contributed by atoms with van der Waals surface area (Å²) in [6, 6.07) is 8.20. The van der Waals surface area contributed by atoms with Crippen LogP contribution in [-0.2, 0) is 13.2 Å². The number of anilines is 1. The zero-order valence-corrected chi connectivity index (χ0v) is 9.79. The third-order valence-electron chi connectivity index (χ3n) is 2.29. The molecule has 0 saturated heterocycles. The van der Waals surface area contributed by atoms with Gasteiger partial charge in [0.1, 0.15) is 5.01 Å². The minimum atomic E-state index is -0.0519. The summed E-state index contributed by atoms with van der Waals surface area (Å²) in [5.74, 6) is 0. The standard InChI is InChI=1S/C11H13N3OS/c1-8-4-2-3-5-9(8)6-12-11-14-13-10(7-15)16-11/h2-5,15H,6-7H2,1H3,(H,12,14). The lowest BCUT2D eigenvalue weighted by atomic mass is 10.1. The molecule has 2 N–H and O–H groups in total. The maximum atomic E-state index is 8.86. The maximum absolute atomic E-state index is 8.86. The zero-order valence-electron chi connectivity index (χ0n) is 8.97. The van der Waals surface area contributed by atoms with Crippen LogP contribution >= 0.6 is 11.3 Å². The number of benzene rings is 1. The number of nitrogens with zero attached hydrogens (tertiary/aromatic N) is 2. The van der Waals surface area contributed by atoms with Crippen LogP contribution in [0.15, 0.2) is 24.3 Å². The Labute approximate surface area is 98.0 Å². The van der Waals surface area contributed by atoms with Gasteiger partial charge in [-0.15, -0.1) is 10.2 Å². The van der Waals surface area contributed by atoms with E-state index in [1.54, 1.807) is 0 Å². The van der Waals surface area contributed by atoms with E-state index in [2.05, 4.69) is 34.6 Å². The Hall–Kier alpha value is -1.46. The predicted molar refractivity (Wildman–Crippen MR) is 64.3 cm³/mol.